The highest BCUT2D eigenvalue weighted by atomic mass is 35.5. The van der Waals surface area contributed by atoms with Gasteiger partial charge >= 0.3 is 0 Å². The molecule has 0 aliphatic carbocycles. The average Bonchev–Trinajstić information content (AvgIpc) is 2.97. The van der Waals surface area contributed by atoms with Crippen molar-refractivity contribution in [2.24, 2.45) is 0 Å². The lowest BCUT2D eigenvalue weighted by Gasteiger charge is -2.34. The molecular formula is C32H39Cl2N3O5S. The maximum absolute atomic E-state index is 14.3. The molecule has 0 unspecified atom stereocenters. The van der Waals surface area contributed by atoms with Crippen LogP contribution >= 0.6 is 23.2 Å². The Morgan fingerprint density at radius 2 is 1.56 bits per heavy atom. The van der Waals surface area contributed by atoms with Gasteiger partial charge in [-0.25, -0.2) is 8.42 Å². The summed E-state index contributed by atoms with van der Waals surface area (Å²) in [5, 5.41) is 3.62. The van der Waals surface area contributed by atoms with Crippen molar-refractivity contribution in [1.29, 1.82) is 0 Å². The Kier molecular flexibility index (Phi) is 11.9. The van der Waals surface area contributed by atoms with E-state index in [1.807, 2.05) is 27.7 Å². The number of benzene rings is 3. The van der Waals surface area contributed by atoms with Gasteiger partial charge in [-0.2, -0.15) is 0 Å². The Morgan fingerprint density at radius 3 is 2.14 bits per heavy atom. The topological polar surface area (TPSA) is 96.0 Å². The number of halogens is 2. The maximum atomic E-state index is 14.3. The van der Waals surface area contributed by atoms with E-state index in [2.05, 4.69) is 5.32 Å². The van der Waals surface area contributed by atoms with Crippen LogP contribution in [0.25, 0.3) is 0 Å². The summed E-state index contributed by atoms with van der Waals surface area (Å²) < 4.78 is 34.9. The number of ether oxygens (including phenoxy) is 1. The first-order valence-electron chi connectivity index (χ1n) is 14.1. The summed E-state index contributed by atoms with van der Waals surface area (Å²) in [6, 6.07) is 15.5. The van der Waals surface area contributed by atoms with E-state index in [4.69, 9.17) is 27.9 Å². The lowest BCUT2D eigenvalue weighted by atomic mass is 10.1. The van der Waals surface area contributed by atoms with Gasteiger partial charge in [0.1, 0.15) is 18.3 Å². The zero-order chi connectivity index (χ0) is 31.9. The van der Waals surface area contributed by atoms with Crippen LogP contribution in [0.3, 0.4) is 0 Å². The van der Waals surface area contributed by atoms with E-state index in [1.165, 1.54) is 24.1 Å². The van der Waals surface area contributed by atoms with Gasteiger partial charge in [-0.3, -0.25) is 13.9 Å². The van der Waals surface area contributed by atoms with Crippen molar-refractivity contribution in [3.8, 4) is 5.75 Å². The van der Waals surface area contributed by atoms with Crippen LogP contribution < -0.4 is 14.4 Å². The molecule has 0 radical (unpaired) electrons. The Bertz CT molecular complexity index is 1550. The van der Waals surface area contributed by atoms with Crippen LogP contribution in [0.2, 0.25) is 10.0 Å². The third-order valence-corrected chi connectivity index (χ3v) is 9.73. The molecule has 0 saturated carbocycles. The van der Waals surface area contributed by atoms with Crippen molar-refractivity contribution >= 4 is 50.7 Å². The first kappa shape index (κ1) is 34.2. The number of amides is 2. The molecule has 0 aliphatic rings. The second-order valence-corrected chi connectivity index (χ2v) is 13.2. The first-order valence-corrected chi connectivity index (χ1v) is 16.3. The van der Waals surface area contributed by atoms with Crippen molar-refractivity contribution in [2.45, 2.75) is 71.0 Å². The van der Waals surface area contributed by atoms with Crippen molar-refractivity contribution in [1.82, 2.24) is 10.2 Å². The fourth-order valence-electron chi connectivity index (χ4n) is 4.54. The smallest absolute Gasteiger partial charge is 0.264 e. The molecule has 2 atom stereocenters. The highest BCUT2D eigenvalue weighted by Gasteiger charge is 2.35. The van der Waals surface area contributed by atoms with Crippen molar-refractivity contribution in [2.75, 3.05) is 18.0 Å². The number of rotatable bonds is 13. The van der Waals surface area contributed by atoms with Crippen LogP contribution in [0.1, 0.15) is 50.3 Å². The monoisotopic (exact) mass is 647 g/mol. The molecule has 2 amide bonds. The molecule has 0 heterocycles. The SMILES string of the molecule is CC[C@H](C(=O)N[C@@H](C)CC)N(Cc1ccc(Cl)c(Cl)c1)C(=O)CN(c1cc(C)ccc1OC)S(=O)(=O)c1ccc(C)cc1. The molecule has 11 heteroatoms. The number of aryl methyl sites for hydroxylation is 2. The molecular weight excluding hydrogens is 609 g/mol. The molecule has 0 bridgehead atoms. The van der Waals surface area contributed by atoms with E-state index in [1.54, 1.807) is 55.5 Å². The number of anilines is 1. The number of hydrogen-bond donors (Lipinski definition) is 1. The summed E-state index contributed by atoms with van der Waals surface area (Å²) in [7, 11) is -2.80. The average molecular weight is 649 g/mol. The Balaban J connectivity index is 2.14. The molecule has 0 aliphatic heterocycles. The molecule has 0 aromatic heterocycles. The number of carbonyl (C=O) groups is 2. The third kappa shape index (κ3) is 8.43. The predicted octanol–water partition coefficient (Wildman–Crippen LogP) is 6.54. The Labute approximate surface area is 265 Å². The number of sulfonamides is 1. The summed E-state index contributed by atoms with van der Waals surface area (Å²) in [6.45, 7) is 8.75. The van der Waals surface area contributed by atoms with E-state index in [9.17, 15) is 18.0 Å². The molecule has 3 aromatic rings. The normalized spacial score (nSPS) is 12.7. The van der Waals surface area contributed by atoms with Crippen LogP contribution in [0.5, 0.6) is 5.75 Å². The fraction of sp³-hybridized carbons (Fsp3) is 0.375. The zero-order valence-electron chi connectivity index (χ0n) is 25.4. The van der Waals surface area contributed by atoms with Crippen LogP contribution in [-0.4, -0.2) is 50.9 Å². The highest BCUT2D eigenvalue weighted by molar-refractivity contribution is 7.92. The fourth-order valence-corrected chi connectivity index (χ4v) is 6.28. The van der Waals surface area contributed by atoms with Gasteiger partial charge in [-0.15, -0.1) is 0 Å². The van der Waals surface area contributed by atoms with Crippen LogP contribution in [0, 0.1) is 13.8 Å². The summed E-state index contributed by atoms with van der Waals surface area (Å²) >= 11 is 12.4. The summed E-state index contributed by atoms with van der Waals surface area (Å²) in [6.07, 6.45) is 1.01. The van der Waals surface area contributed by atoms with Gasteiger partial charge in [0, 0.05) is 12.6 Å². The van der Waals surface area contributed by atoms with E-state index in [0.29, 0.717) is 28.5 Å². The van der Waals surface area contributed by atoms with Crippen molar-refractivity contribution in [3.63, 3.8) is 0 Å². The molecule has 3 rings (SSSR count). The summed E-state index contributed by atoms with van der Waals surface area (Å²) in [4.78, 5) is 29.2. The number of carbonyl (C=O) groups excluding carboxylic acids is 2. The first-order chi connectivity index (χ1) is 20.3. The van der Waals surface area contributed by atoms with Crippen molar-refractivity contribution < 1.29 is 22.7 Å². The Hall–Kier alpha value is -3.27. The Morgan fingerprint density at radius 1 is 0.907 bits per heavy atom. The van der Waals surface area contributed by atoms with Gasteiger partial charge in [0.05, 0.1) is 27.7 Å². The van der Waals surface area contributed by atoms with Gasteiger partial charge in [-0.05, 0) is 81.1 Å². The third-order valence-electron chi connectivity index (χ3n) is 7.21. The molecule has 232 valence electrons. The summed E-state index contributed by atoms with van der Waals surface area (Å²) in [5.41, 5.74) is 2.52. The van der Waals surface area contributed by atoms with Crippen LogP contribution in [0.15, 0.2) is 65.6 Å². The highest BCUT2D eigenvalue weighted by Crippen LogP contribution is 2.34. The molecule has 8 nitrogen and oxygen atoms in total. The van der Waals surface area contributed by atoms with Gasteiger partial charge in [0.25, 0.3) is 10.0 Å². The number of nitrogens with one attached hydrogen (secondary N) is 1. The predicted molar refractivity (Wildman–Crippen MR) is 172 cm³/mol. The van der Waals surface area contributed by atoms with Gasteiger partial charge in [0.15, 0.2) is 0 Å². The number of methoxy groups -OCH3 is 1. The van der Waals surface area contributed by atoms with E-state index in [0.717, 1.165) is 15.4 Å². The zero-order valence-corrected chi connectivity index (χ0v) is 27.7. The van der Waals surface area contributed by atoms with E-state index < -0.39 is 28.5 Å². The van der Waals surface area contributed by atoms with Gasteiger partial charge < -0.3 is 15.0 Å². The lowest BCUT2D eigenvalue weighted by molar-refractivity contribution is -0.140. The number of hydrogen-bond acceptors (Lipinski definition) is 5. The minimum Gasteiger partial charge on any atom is -0.495 e. The molecule has 0 spiro atoms. The minimum absolute atomic E-state index is 0.00548. The van der Waals surface area contributed by atoms with E-state index >= 15 is 0 Å². The largest absolute Gasteiger partial charge is 0.495 e. The standard InChI is InChI=1S/C32H39Cl2N3O5S/c1-7-23(5)35-32(39)28(8-2)36(19-24-12-15-26(33)27(34)18-24)31(38)20-37(29-17-22(4)11-16-30(29)42-6)43(40,41)25-13-9-21(3)10-14-25/h9-18,23,28H,7-8,19-20H2,1-6H3,(H,35,39)/t23-,28+/m0/s1. The minimum atomic E-state index is -4.24. The second kappa shape index (κ2) is 14.9. The molecule has 0 fully saturated rings. The molecule has 0 saturated heterocycles. The molecule has 43 heavy (non-hydrogen) atoms. The van der Waals surface area contributed by atoms with E-state index in [-0.39, 0.29) is 34.8 Å². The second-order valence-electron chi connectivity index (χ2n) is 10.5. The van der Waals surface area contributed by atoms with Gasteiger partial charge in [-0.1, -0.05) is 66.9 Å². The van der Waals surface area contributed by atoms with Gasteiger partial charge in [0.2, 0.25) is 11.8 Å². The van der Waals surface area contributed by atoms with Crippen LogP contribution in [0.4, 0.5) is 5.69 Å². The summed E-state index contributed by atoms with van der Waals surface area (Å²) in [5.74, 6) is -0.616. The number of nitrogens with zero attached hydrogens (tertiary/aromatic N) is 2. The molecule has 1 N–H and O–H groups in total. The molecule has 3 aromatic carbocycles. The lowest BCUT2D eigenvalue weighted by Crippen LogP contribution is -2.53. The maximum Gasteiger partial charge on any atom is 0.264 e. The van der Waals surface area contributed by atoms with Crippen molar-refractivity contribution in [3.05, 3.63) is 87.4 Å². The van der Waals surface area contributed by atoms with Crippen LogP contribution in [-0.2, 0) is 26.2 Å². The quantitative estimate of drug-likeness (QED) is 0.227.